The zero-order valence-corrected chi connectivity index (χ0v) is 8.73. The molecule has 0 aromatic heterocycles. The lowest BCUT2D eigenvalue weighted by Crippen LogP contribution is -1.96. The molecule has 0 N–H and O–H groups in total. The molecule has 0 aliphatic heterocycles. The second-order valence-electron chi connectivity index (χ2n) is 2.35. The second kappa shape index (κ2) is 4.74. The molecule has 1 aromatic rings. The van der Waals surface area contributed by atoms with Crippen LogP contribution < -0.4 is 0 Å². The smallest absolute Gasteiger partial charge is 0.0356 e. The van der Waals surface area contributed by atoms with E-state index in [4.69, 9.17) is 0 Å². The first-order valence-electron chi connectivity index (χ1n) is 3.42. The molecule has 2 nitrogen and oxygen atoms in total. The van der Waals surface area contributed by atoms with Crippen molar-refractivity contribution >= 4 is 27.0 Å². The molecule has 0 heterocycles. The van der Waals surface area contributed by atoms with E-state index in [0.717, 1.165) is 11.1 Å². The molecule has 0 saturated heterocycles. The Balaban J connectivity index is 2.89. The first-order valence-corrected chi connectivity index (χ1v) is 5.79. The highest BCUT2D eigenvalue weighted by Crippen LogP contribution is 2.13. The third-order valence-electron chi connectivity index (χ3n) is 1.54. The van der Waals surface area contributed by atoms with E-state index in [1.165, 1.54) is 0 Å². The summed E-state index contributed by atoms with van der Waals surface area (Å²) in [5.41, 5.74) is 1.89. The summed E-state index contributed by atoms with van der Waals surface area (Å²) in [4.78, 5) is 0. The van der Waals surface area contributed by atoms with E-state index in [1.54, 1.807) is 0 Å². The van der Waals surface area contributed by atoms with Crippen LogP contribution in [0, 0.1) is 0 Å². The van der Waals surface area contributed by atoms with Gasteiger partial charge in [-0.25, -0.2) is 0 Å². The molecule has 0 radical (unpaired) electrons. The fourth-order valence-electron chi connectivity index (χ4n) is 0.956. The van der Waals surface area contributed by atoms with Gasteiger partial charge in [0.25, 0.3) is 0 Å². The Hall–Kier alpha value is -0.190. The summed E-state index contributed by atoms with van der Waals surface area (Å²) in [7, 11) is 0. The Morgan fingerprint density at radius 1 is 1.33 bits per heavy atom. The number of halogens is 1. The Bertz CT molecular complexity index is 288. The Morgan fingerprint density at radius 3 is 2.42 bits per heavy atom. The summed E-state index contributed by atoms with van der Waals surface area (Å²) in [5.74, 6) is 0.0990. The third kappa shape index (κ3) is 2.69. The number of rotatable bonds is 3. The van der Waals surface area contributed by atoms with Gasteiger partial charge in [-0.1, -0.05) is 51.3 Å². The Kier molecular flexibility index (Phi) is 3.91. The van der Waals surface area contributed by atoms with Gasteiger partial charge >= 0.3 is 0 Å². The molecular formula is C8H8BrO2S-. The van der Waals surface area contributed by atoms with Crippen LogP contribution in [0.5, 0.6) is 0 Å². The number of alkyl halides is 1. The molecule has 12 heavy (non-hydrogen) atoms. The van der Waals surface area contributed by atoms with E-state index in [2.05, 4.69) is 15.9 Å². The van der Waals surface area contributed by atoms with Crippen LogP contribution in [-0.2, 0) is 22.2 Å². The average Bonchev–Trinajstić information content (AvgIpc) is 2.04. The maximum absolute atomic E-state index is 10.4. The van der Waals surface area contributed by atoms with Crippen molar-refractivity contribution in [2.45, 2.75) is 11.1 Å². The highest BCUT2D eigenvalue weighted by Gasteiger charge is 1.98. The van der Waals surface area contributed by atoms with Crippen molar-refractivity contribution in [2.24, 2.45) is 0 Å². The normalized spacial score (nSPS) is 12.8. The van der Waals surface area contributed by atoms with Gasteiger partial charge in [0.1, 0.15) is 0 Å². The van der Waals surface area contributed by atoms with E-state index in [-0.39, 0.29) is 5.75 Å². The van der Waals surface area contributed by atoms with E-state index >= 15 is 0 Å². The lowest BCUT2D eigenvalue weighted by atomic mass is 10.1. The van der Waals surface area contributed by atoms with Crippen molar-refractivity contribution in [1.29, 1.82) is 0 Å². The highest BCUT2D eigenvalue weighted by molar-refractivity contribution is 9.08. The number of hydrogen-bond donors (Lipinski definition) is 0. The minimum atomic E-state index is -2.00. The van der Waals surface area contributed by atoms with E-state index in [0.29, 0.717) is 5.33 Å². The maximum Gasteiger partial charge on any atom is 0.0356 e. The molecule has 1 atom stereocenters. The van der Waals surface area contributed by atoms with Gasteiger partial charge in [0, 0.05) is 11.1 Å². The second-order valence-corrected chi connectivity index (χ2v) is 3.81. The van der Waals surface area contributed by atoms with Crippen LogP contribution in [0.1, 0.15) is 11.1 Å². The minimum absolute atomic E-state index is 0.0990. The fraction of sp³-hybridized carbons (Fsp3) is 0.250. The molecule has 0 aliphatic carbocycles. The molecule has 0 bridgehead atoms. The quantitative estimate of drug-likeness (QED) is 0.606. The first-order chi connectivity index (χ1) is 5.74. The van der Waals surface area contributed by atoms with Gasteiger partial charge in [-0.2, -0.15) is 0 Å². The topological polar surface area (TPSA) is 40.1 Å². The minimum Gasteiger partial charge on any atom is -0.772 e. The first kappa shape index (κ1) is 9.89. The average molecular weight is 248 g/mol. The Morgan fingerprint density at radius 2 is 1.92 bits per heavy atom. The van der Waals surface area contributed by atoms with Crippen molar-refractivity contribution in [3.8, 4) is 0 Å². The summed E-state index contributed by atoms with van der Waals surface area (Å²) in [6, 6.07) is 7.48. The Labute approximate surface area is 82.4 Å². The van der Waals surface area contributed by atoms with Crippen LogP contribution in [-0.4, -0.2) is 8.76 Å². The van der Waals surface area contributed by atoms with Crippen molar-refractivity contribution in [3.63, 3.8) is 0 Å². The van der Waals surface area contributed by atoms with E-state index in [1.807, 2.05) is 24.3 Å². The number of hydrogen-bond acceptors (Lipinski definition) is 2. The van der Waals surface area contributed by atoms with Gasteiger partial charge in [-0.15, -0.1) is 0 Å². The molecule has 4 heteroatoms. The molecule has 0 spiro atoms. The summed E-state index contributed by atoms with van der Waals surface area (Å²) in [6.07, 6.45) is 0. The van der Waals surface area contributed by atoms with Crippen LogP contribution in [0.2, 0.25) is 0 Å². The van der Waals surface area contributed by atoms with Crippen LogP contribution in [0.15, 0.2) is 24.3 Å². The maximum atomic E-state index is 10.4. The van der Waals surface area contributed by atoms with Crippen LogP contribution in [0.3, 0.4) is 0 Å². The SMILES string of the molecule is O=S([O-])Cc1ccccc1CBr. The summed E-state index contributed by atoms with van der Waals surface area (Å²) in [5, 5.41) is 0.695. The molecule has 0 saturated carbocycles. The van der Waals surface area contributed by atoms with E-state index < -0.39 is 11.1 Å². The molecule has 0 fully saturated rings. The van der Waals surface area contributed by atoms with Crippen molar-refractivity contribution in [2.75, 3.05) is 0 Å². The molecule has 1 aromatic carbocycles. The number of benzene rings is 1. The van der Waals surface area contributed by atoms with Crippen LogP contribution in [0.4, 0.5) is 0 Å². The predicted octanol–water partition coefficient (Wildman–Crippen LogP) is 1.96. The monoisotopic (exact) mass is 247 g/mol. The zero-order valence-electron chi connectivity index (χ0n) is 6.33. The van der Waals surface area contributed by atoms with Crippen LogP contribution in [0.25, 0.3) is 0 Å². The fourth-order valence-corrected chi connectivity index (χ4v) is 2.04. The lowest BCUT2D eigenvalue weighted by Gasteiger charge is -2.08. The molecular weight excluding hydrogens is 240 g/mol. The third-order valence-corrected chi connectivity index (χ3v) is 2.69. The predicted molar refractivity (Wildman–Crippen MR) is 51.7 cm³/mol. The van der Waals surface area contributed by atoms with Gasteiger partial charge in [-0.05, 0) is 11.1 Å². The summed E-state index contributed by atoms with van der Waals surface area (Å²) < 4.78 is 20.8. The van der Waals surface area contributed by atoms with Crippen molar-refractivity contribution in [1.82, 2.24) is 0 Å². The van der Waals surface area contributed by atoms with Gasteiger partial charge in [0.2, 0.25) is 0 Å². The summed E-state index contributed by atoms with van der Waals surface area (Å²) >= 11 is 1.30. The lowest BCUT2D eigenvalue weighted by molar-refractivity contribution is 0.536. The van der Waals surface area contributed by atoms with E-state index in [9.17, 15) is 8.76 Å². The van der Waals surface area contributed by atoms with Gasteiger partial charge in [0.15, 0.2) is 0 Å². The molecule has 1 rings (SSSR count). The molecule has 66 valence electrons. The zero-order chi connectivity index (χ0) is 8.97. The van der Waals surface area contributed by atoms with Crippen LogP contribution >= 0.6 is 15.9 Å². The molecule has 0 aliphatic rings. The summed E-state index contributed by atoms with van der Waals surface area (Å²) in [6.45, 7) is 0. The van der Waals surface area contributed by atoms with Crippen molar-refractivity contribution in [3.05, 3.63) is 35.4 Å². The largest absolute Gasteiger partial charge is 0.772 e. The van der Waals surface area contributed by atoms with Gasteiger partial charge in [-0.3, -0.25) is 4.21 Å². The highest BCUT2D eigenvalue weighted by atomic mass is 79.9. The van der Waals surface area contributed by atoms with Gasteiger partial charge < -0.3 is 4.55 Å². The standard InChI is InChI=1S/C8H9BrO2S/c9-5-7-3-1-2-4-8(7)6-12(10)11/h1-4H,5-6H2,(H,10,11)/p-1. The van der Waals surface area contributed by atoms with Crippen molar-refractivity contribution < 1.29 is 8.76 Å². The van der Waals surface area contributed by atoms with Gasteiger partial charge in [0.05, 0.1) is 0 Å². The molecule has 0 amide bonds. The molecule has 1 unspecified atom stereocenters.